The van der Waals surface area contributed by atoms with Crippen LogP contribution in [-0.2, 0) is 0 Å². The number of nitro benzene ring substituents is 1. The molecule has 5 heteroatoms. The van der Waals surface area contributed by atoms with Gasteiger partial charge in [-0.15, -0.1) is 0 Å². The van der Waals surface area contributed by atoms with Crippen molar-refractivity contribution in [2.45, 2.75) is 19.9 Å². The Balaban J connectivity index is 2.14. The fourth-order valence-corrected chi connectivity index (χ4v) is 1.67. The molecule has 0 N–H and O–H groups in total. The maximum absolute atomic E-state index is 10.7. The molecule has 0 aliphatic rings. The van der Waals surface area contributed by atoms with E-state index >= 15 is 0 Å². The molecule has 1 aromatic carbocycles. The first-order chi connectivity index (χ1) is 9.06. The second-order valence-electron chi connectivity index (χ2n) is 4.25. The predicted octanol–water partition coefficient (Wildman–Crippen LogP) is 3.68. The molecule has 0 aliphatic carbocycles. The van der Waals surface area contributed by atoms with Gasteiger partial charge < -0.3 is 4.42 Å². The van der Waals surface area contributed by atoms with E-state index in [1.165, 1.54) is 12.1 Å². The van der Waals surface area contributed by atoms with E-state index in [1.807, 2.05) is 26.0 Å². The molecule has 0 saturated carbocycles. The highest BCUT2D eigenvalue weighted by Crippen LogP contribution is 2.19. The SMILES string of the molecule is Cc1ccc([C@H](C)N=Cc2cccc([N+](=O)[O-])c2)o1. The predicted molar refractivity (Wildman–Crippen MR) is 72.6 cm³/mol. The fraction of sp³-hybridized carbons (Fsp3) is 0.214. The Kier molecular flexibility index (Phi) is 3.75. The second kappa shape index (κ2) is 5.48. The van der Waals surface area contributed by atoms with Crippen LogP contribution in [0.1, 0.15) is 30.0 Å². The van der Waals surface area contributed by atoms with Gasteiger partial charge in [0, 0.05) is 18.3 Å². The standard InChI is InChI=1S/C14H14N2O3/c1-10-6-7-14(19-10)11(2)15-9-12-4-3-5-13(8-12)16(17)18/h3-9,11H,1-2H3/t11-/m0/s1. The quantitative estimate of drug-likeness (QED) is 0.477. The number of hydrogen-bond donors (Lipinski definition) is 0. The number of nitro groups is 1. The third kappa shape index (κ3) is 3.28. The van der Waals surface area contributed by atoms with Crippen molar-refractivity contribution in [1.29, 1.82) is 0 Å². The molecule has 0 bridgehead atoms. The Morgan fingerprint density at radius 3 is 2.79 bits per heavy atom. The Morgan fingerprint density at radius 1 is 1.37 bits per heavy atom. The maximum Gasteiger partial charge on any atom is 0.270 e. The average Bonchev–Trinajstić information content (AvgIpc) is 2.83. The molecule has 0 amide bonds. The molecule has 98 valence electrons. The normalized spacial score (nSPS) is 12.7. The van der Waals surface area contributed by atoms with Gasteiger partial charge in [-0.25, -0.2) is 0 Å². The number of aliphatic imine (C=N–C) groups is 1. The number of aryl methyl sites for hydroxylation is 1. The van der Waals surface area contributed by atoms with Gasteiger partial charge in [-0.2, -0.15) is 0 Å². The van der Waals surface area contributed by atoms with Gasteiger partial charge in [-0.05, 0) is 31.5 Å². The number of hydrogen-bond acceptors (Lipinski definition) is 4. The van der Waals surface area contributed by atoms with Crippen LogP contribution < -0.4 is 0 Å². The second-order valence-corrected chi connectivity index (χ2v) is 4.25. The van der Waals surface area contributed by atoms with Crippen LogP contribution in [0.2, 0.25) is 0 Å². The number of nitrogens with zero attached hydrogens (tertiary/aromatic N) is 2. The molecule has 1 aromatic heterocycles. The van der Waals surface area contributed by atoms with Crippen molar-refractivity contribution < 1.29 is 9.34 Å². The largest absolute Gasteiger partial charge is 0.464 e. The molecule has 0 radical (unpaired) electrons. The zero-order valence-electron chi connectivity index (χ0n) is 10.7. The van der Waals surface area contributed by atoms with Crippen molar-refractivity contribution in [3.8, 4) is 0 Å². The van der Waals surface area contributed by atoms with Crippen LogP contribution >= 0.6 is 0 Å². The Labute approximate surface area is 110 Å². The molecule has 1 atom stereocenters. The third-order valence-electron chi connectivity index (χ3n) is 2.70. The molecule has 19 heavy (non-hydrogen) atoms. The average molecular weight is 258 g/mol. The fourth-order valence-electron chi connectivity index (χ4n) is 1.67. The van der Waals surface area contributed by atoms with Crippen LogP contribution in [0.25, 0.3) is 0 Å². The lowest BCUT2D eigenvalue weighted by atomic mass is 10.2. The summed E-state index contributed by atoms with van der Waals surface area (Å²) in [5, 5.41) is 10.7. The zero-order chi connectivity index (χ0) is 13.8. The van der Waals surface area contributed by atoms with Crippen LogP contribution in [0, 0.1) is 17.0 Å². The lowest BCUT2D eigenvalue weighted by Crippen LogP contribution is -1.91. The molecule has 0 unspecified atom stereocenters. The summed E-state index contributed by atoms with van der Waals surface area (Å²) in [6, 6.07) is 10.0. The highest BCUT2D eigenvalue weighted by molar-refractivity contribution is 5.80. The molecular weight excluding hydrogens is 244 g/mol. The number of furan rings is 1. The Hall–Kier alpha value is -2.43. The van der Waals surface area contributed by atoms with E-state index in [-0.39, 0.29) is 11.7 Å². The maximum atomic E-state index is 10.7. The summed E-state index contributed by atoms with van der Waals surface area (Å²) in [4.78, 5) is 14.6. The van der Waals surface area contributed by atoms with Crippen molar-refractivity contribution in [1.82, 2.24) is 0 Å². The van der Waals surface area contributed by atoms with E-state index in [2.05, 4.69) is 4.99 Å². The van der Waals surface area contributed by atoms with Gasteiger partial charge in [0.1, 0.15) is 17.6 Å². The lowest BCUT2D eigenvalue weighted by molar-refractivity contribution is -0.384. The number of non-ortho nitro benzene ring substituents is 1. The van der Waals surface area contributed by atoms with Crippen LogP contribution in [0.4, 0.5) is 5.69 Å². The van der Waals surface area contributed by atoms with Gasteiger partial charge in [0.2, 0.25) is 0 Å². The van der Waals surface area contributed by atoms with Crippen LogP contribution in [0.3, 0.4) is 0 Å². The topological polar surface area (TPSA) is 68.6 Å². The van der Waals surface area contributed by atoms with E-state index in [1.54, 1.807) is 18.3 Å². The van der Waals surface area contributed by atoms with E-state index in [0.29, 0.717) is 5.56 Å². The van der Waals surface area contributed by atoms with Crippen LogP contribution in [-0.4, -0.2) is 11.1 Å². The van der Waals surface area contributed by atoms with Crippen molar-refractivity contribution >= 4 is 11.9 Å². The number of rotatable bonds is 4. The van der Waals surface area contributed by atoms with Gasteiger partial charge in [-0.3, -0.25) is 15.1 Å². The van der Waals surface area contributed by atoms with Gasteiger partial charge in [0.25, 0.3) is 5.69 Å². The highest BCUT2D eigenvalue weighted by Gasteiger charge is 2.07. The summed E-state index contributed by atoms with van der Waals surface area (Å²) in [6.07, 6.45) is 1.62. The molecule has 0 aliphatic heterocycles. The summed E-state index contributed by atoms with van der Waals surface area (Å²) >= 11 is 0. The monoisotopic (exact) mass is 258 g/mol. The Bertz CT molecular complexity index is 617. The molecule has 0 fully saturated rings. The van der Waals surface area contributed by atoms with Crippen LogP contribution in [0.15, 0.2) is 45.8 Å². The first-order valence-electron chi connectivity index (χ1n) is 5.90. The molecule has 0 saturated heterocycles. The molecule has 1 heterocycles. The van der Waals surface area contributed by atoms with E-state index in [0.717, 1.165) is 11.5 Å². The summed E-state index contributed by atoms with van der Waals surface area (Å²) < 4.78 is 5.47. The smallest absolute Gasteiger partial charge is 0.270 e. The van der Waals surface area contributed by atoms with Gasteiger partial charge in [0.05, 0.1) is 4.92 Å². The first-order valence-corrected chi connectivity index (χ1v) is 5.90. The van der Waals surface area contributed by atoms with E-state index < -0.39 is 4.92 Å². The molecule has 2 rings (SSSR count). The van der Waals surface area contributed by atoms with Crippen molar-refractivity contribution in [3.05, 3.63) is 63.6 Å². The summed E-state index contributed by atoms with van der Waals surface area (Å²) in [7, 11) is 0. The van der Waals surface area contributed by atoms with Gasteiger partial charge in [0.15, 0.2) is 0 Å². The summed E-state index contributed by atoms with van der Waals surface area (Å²) in [6.45, 7) is 3.78. The van der Waals surface area contributed by atoms with Gasteiger partial charge >= 0.3 is 0 Å². The van der Waals surface area contributed by atoms with Gasteiger partial charge in [-0.1, -0.05) is 12.1 Å². The first kappa shape index (κ1) is 13.0. The zero-order valence-corrected chi connectivity index (χ0v) is 10.7. The summed E-state index contributed by atoms with van der Waals surface area (Å²) in [5.41, 5.74) is 0.759. The molecule has 5 nitrogen and oxygen atoms in total. The number of benzene rings is 1. The minimum atomic E-state index is -0.420. The minimum Gasteiger partial charge on any atom is -0.464 e. The third-order valence-corrected chi connectivity index (χ3v) is 2.70. The summed E-state index contributed by atoms with van der Waals surface area (Å²) in [5.74, 6) is 1.62. The molecular formula is C14H14N2O3. The van der Waals surface area contributed by atoms with Crippen molar-refractivity contribution in [3.63, 3.8) is 0 Å². The van der Waals surface area contributed by atoms with Crippen molar-refractivity contribution in [2.75, 3.05) is 0 Å². The lowest BCUT2D eigenvalue weighted by Gasteiger charge is -2.01. The van der Waals surface area contributed by atoms with E-state index in [4.69, 9.17) is 4.42 Å². The molecule has 2 aromatic rings. The van der Waals surface area contributed by atoms with E-state index in [9.17, 15) is 10.1 Å². The van der Waals surface area contributed by atoms with Crippen molar-refractivity contribution in [2.24, 2.45) is 4.99 Å². The van der Waals surface area contributed by atoms with Crippen LogP contribution in [0.5, 0.6) is 0 Å². The highest BCUT2D eigenvalue weighted by atomic mass is 16.6. The molecule has 0 spiro atoms. The Morgan fingerprint density at radius 2 is 2.16 bits per heavy atom. The minimum absolute atomic E-state index is 0.0606.